The van der Waals surface area contributed by atoms with Gasteiger partial charge in [-0.25, -0.2) is 4.79 Å². The van der Waals surface area contributed by atoms with Gasteiger partial charge >= 0.3 is 5.63 Å². The van der Waals surface area contributed by atoms with E-state index in [-0.39, 0.29) is 11.3 Å². The minimum Gasteiger partial charge on any atom is -0.504 e. The molecule has 0 amide bonds. The van der Waals surface area contributed by atoms with Gasteiger partial charge < -0.3 is 9.52 Å². The van der Waals surface area contributed by atoms with Crippen LogP contribution in [0.5, 0.6) is 5.75 Å². The summed E-state index contributed by atoms with van der Waals surface area (Å²) in [6.45, 7) is 3.59. The molecule has 1 heterocycles. The summed E-state index contributed by atoms with van der Waals surface area (Å²) in [5.41, 5.74) is 0.474. The molecule has 0 saturated heterocycles. The largest absolute Gasteiger partial charge is 0.504 e. The Morgan fingerprint density at radius 3 is 2.80 bits per heavy atom. The van der Waals surface area contributed by atoms with Crippen molar-refractivity contribution in [1.82, 2.24) is 0 Å². The van der Waals surface area contributed by atoms with Gasteiger partial charge in [0.05, 0.1) is 0 Å². The maximum Gasteiger partial charge on any atom is 0.336 e. The van der Waals surface area contributed by atoms with Gasteiger partial charge in [-0.2, -0.15) is 0 Å². The highest BCUT2D eigenvalue weighted by Crippen LogP contribution is 2.27. The minimum atomic E-state index is -0.464. The summed E-state index contributed by atoms with van der Waals surface area (Å²) >= 11 is 0. The Morgan fingerprint density at radius 1 is 1.33 bits per heavy atom. The number of hydrogen-bond acceptors (Lipinski definition) is 3. The fourth-order valence-corrected chi connectivity index (χ4v) is 1.48. The fraction of sp³-hybridized carbons (Fsp3) is 0.0833. The van der Waals surface area contributed by atoms with Crippen molar-refractivity contribution in [3.05, 3.63) is 52.9 Å². The van der Waals surface area contributed by atoms with Gasteiger partial charge in [-0.05, 0) is 12.5 Å². The molecule has 0 bridgehead atoms. The van der Waals surface area contributed by atoms with E-state index < -0.39 is 5.63 Å². The summed E-state index contributed by atoms with van der Waals surface area (Å²) in [5, 5.41) is 10.5. The Labute approximate surface area is 86.3 Å². The van der Waals surface area contributed by atoms with Crippen molar-refractivity contribution in [1.29, 1.82) is 0 Å². The lowest BCUT2D eigenvalue weighted by Crippen LogP contribution is -1.95. The van der Waals surface area contributed by atoms with Crippen LogP contribution in [-0.4, -0.2) is 5.11 Å². The van der Waals surface area contributed by atoms with Gasteiger partial charge in [0.2, 0.25) is 0 Å². The highest BCUT2D eigenvalue weighted by molar-refractivity contribution is 5.83. The molecule has 15 heavy (non-hydrogen) atoms. The zero-order valence-electron chi connectivity index (χ0n) is 8.06. The van der Waals surface area contributed by atoms with Crippen LogP contribution in [-0.2, 0) is 6.42 Å². The molecular weight excluding hydrogens is 192 g/mol. The number of aromatic hydroxyl groups is 1. The molecule has 0 aliphatic heterocycles. The lowest BCUT2D eigenvalue weighted by atomic mass is 10.1. The van der Waals surface area contributed by atoms with Crippen molar-refractivity contribution < 1.29 is 9.52 Å². The monoisotopic (exact) mass is 202 g/mol. The lowest BCUT2D eigenvalue weighted by Gasteiger charge is -2.03. The zero-order chi connectivity index (χ0) is 10.8. The quantitative estimate of drug-likeness (QED) is 0.600. The van der Waals surface area contributed by atoms with Crippen molar-refractivity contribution in [3.63, 3.8) is 0 Å². The van der Waals surface area contributed by atoms with Gasteiger partial charge in [-0.1, -0.05) is 18.2 Å². The van der Waals surface area contributed by atoms with E-state index in [9.17, 15) is 9.90 Å². The Balaban J connectivity index is 2.76. The summed E-state index contributed by atoms with van der Waals surface area (Å²) in [6.07, 6.45) is 2.22. The van der Waals surface area contributed by atoms with Gasteiger partial charge in [-0.15, -0.1) is 6.58 Å². The molecule has 0 saturated carbocycles. The fourth-order valence-electron chi connectivity index (χ4n) is 1.48. The van der Waals surface area contributed by atoms with E-state index >= 15 is 0 Å². The molecule has 0 spiro atoms. The molecule has 3 nitrogen and oxygen atoms in total. The normalized spacial score (nSPS) is 10.4. The topological polar surface area (TPSA) is 50.4 Å². The number of rotatable bonds is 2. The third-order valence-corrected chi connectivity index (χ3v) is 2.21. The lowest BCUT2D eigenvalue weighted by molar-refractivity contribution is 0.452. The van der Waals surface area contributed by atoms with E-state index in [0.29, 0.717) is 17.4 Å². The molecule has 2 aromatic rings. The average molecular weight is 202 g/mol. The Hall–Kier alpha value is -2.03. The molecule has 1 N–H and O–H groups in total. The highest BCUT2D eigenvalue weighted by atomic mass is 16.4. The number of benzene rings is 1. The summed E-state index contributed by atoms with van der Waals surface area (Å²) in [4.78, 5) is 11.0. The number of phenolic OH excluding ortho intramolecular Hbond substituents is 1. The molecule has 76 valence electrons. The first-order valence-electron chi connectivity index (χ1n) is 4.58. The van der Waals surface area contributed by atoms with Gasteiger partial charge in [-0.3, -0.25) is 0 Å². The van der Waals surface area contributed by atoms with E-state index in [1.165, 1.54) is 6.07 Å². The average Bonchev–Trinajstić information content (AvgIpc) is 2.23. The SMILES string of the molecule is C=CCc1ccc2ccc(=O)oc2c1O. The molecular formula is C12H10O3. The summed E-state index contributed by atoms with van der Waals surface area (Å²) < 4.78 is 4.94. The predicted octanol–water partition coefficient (Wildman–Crippen LogP) is 2.23. The molecule has 0 radical (unpaired) electrons. The maximum absolute atomic E-state index is 11.0. The number of hydrogen-bond donors (Lipinski definition) is 1. The third-order valence-electron chi connectivity index (χ3n) is 2.21. The second-order valence-electron chi connectivity index (χ2n) is 3.24. The molecule has 0 fully saturated rings. The predicted molar refractivity (Wildman–Crippen MR) is 58.0 cm³/mol. The first-order chi connectivity index (χ1) is 7.22. The molecule has 3 heteroatoms. The molecule has 1 aromatic carbocycles. The summed E-state index contributed by atoms with van der Waals surface area (Å²) in [7, 11) is 0. The van der Waals surface area contributed by atoms with Crippen molar-refractivity contribution in [2.24, 2.45) is 0 Å². The van der Waals surface area contributed by atoms with Gasteiger partial charge in [0, 0.05) is 17.0 Å². The van der Waals surface area contributed by atoms with E-state index in [2.05, 4.69) is 6.58 Å². The van der Waals surface area contributed by atoms with Crippen molar-refractivity contribution >= 4 is 11.0 Å². The van der Waals surface area contributed by atoms with Crippen molar-refractivity contribution in [2.45, 2.75) is 6.42 Å². The van der Waals surface area contributed by atoms with Crippen molar-refractivity contribution in [3.8, 4) is 5.75 Å². The summed E-state index contributed by atoms with van der Waals surface area (Å²) in [5.74, 6) is 0.0186. The molecule has 2 rings (SSSR count). The van der Waals surface area contributed by atoms with E-state index in [4.69, 9.17) is 4.42 Å². The second-order valence-corrected chi connectivity index (χ2v) is 3.24. The van der Waals surface area contributed by atoms with Gasteiger partial charge in [0.25, 0.3) is 0 Å². The smallest absolute Gasteiger partial charge is 0.336 e. The van der Waals surface area contributed by atoms with Crippen LogP contribution in [0.15, 0.2) is 46.1 Å². The standard InChI is InChI=1S/C12H10O3/c1-2-3-8-4-5-9-6-7-10(13)15-12(9)11(8)14/h2,4-7,14H,1,3H2. The van der Waals surface area contributed by atoms with E-state index in [0.717, 1.165) is 0 Å². The van der Waals surface area contributed by atoms with Crippen LogP contribution in [0.2, 0.25) is 0 Å². The minimum absolute atomic E-state index is 0.0186. The van der Waals surface area contributed by atoms with Gasteiger partial charge in [0.15, 0.2) is 11.3 Å². The molecule has 1 aromatic heterocycles. The van der Waals surface area contributed by atoms with Crippen LogP contribution < -0.4 is 5.63 Å². The van der Waals surface area contributed by atoms with Crippen LogP contribution in [0, 0.1) is 0 Å². The van der Waals surface area contributed by atoms with Crippen LogP contribution in [0.3, 0.4) is 0 Å². The summed E-state index contributed by atoms with van der Waals surface area (Å²) in [6, 6.07) is 6.55. The number of fused-ring (bicyclic) bond motifs is 1. The number of allylic oxidation sites excluding steroid dienone is 1. The molecule has 0 unspecified atom stereocenters. The molecule has 0 aliphatic rings. The van der Waals surface area contributed by atoms with Crippen LogP contribution in [0.25, 0.3) is 11.0 Å². The second kappa shape index (κ2) is 3.61. The first-order valence-corrected chi connectivity index (χ1v) is 4.58. The van der Waals surface area contributed by atoms with Crippen LogP contribution in [0.4, 0.5) is 0 Å². The van der Waals surface area contributed by atoms with E-state index in [1.54, 1.807) is 24.3 Å². The van der Waals surface area contributed by atoms with Crippen molar-refractivity contribution in [2.75, 3.05) is 0 Å². The third kappa shape index (κ3) is 1.64. The van der Waals surface area contributed by atoms with E-state index in [1.807, 2.05) is 0 Å². The molecule has 0 aliphatic carbocycles. The number of phenols is 1. The van der Waals surface area contributed by atoms with Crippen LogP contribution >= 0.6 is 0 Å². The maximum atomic E-state index is 11.0. The van der Waals surface area contributed by atoms with Gasteiger partial charge in [0.1, 0.15) is 0 Å². The highest BCUT2D eigenvalue weighted by Gasteiger charge is 2.07. The molecule has 0 atom stereocenters. The first kappa shape index (κ1) is 9.52. The van der Waals surface area contributed by atoms with Crippen LogP contribution in [0.1, 0.15) is 5.56 Å². The Bertz CT molecular complexity index is 567. The zero-order valence-corrected chi connectivity index (χ0v) is 8.06. The Kier molecular flexibility index (Phi) is 2.29. The Morgan fingerprint density at radius 2 is 2.07 bits per heavy atom.